The van der Waals surface area contributed by atoms with Crippen molar-refractivity contribution < 1.29 is 0 Å². The minimum absolute atomic E-state index is 1.14. The zero-order chi connectivity index (χ0) is 20.6. The molecule has 146 valence electrons. The number of para-hydroxylation sites is 2. The number of allylic oxidation sites excluding steroid dienone is 2. The van der Waals surface area contributed by atoms with Crippen molar-refractivity contribution in [3.63, 3.8) is 0 Å². The van der Waals surface area contributed by atoms with E-state index in [1.807, 2.05) is 12.1 Å². The maximum Gasteiger partial charge on any atom is 0.0462 e. The molecule has 0 saturated heterocycles. The Morgan fingerprint density at radius 2 is 0.867 bits per heavy atom. The highest BCUT2D eigenvalue weighted by molar-refractivity contribution is 5.77. The molecule has 0 fully saturated rings. The van der Waals surface area contributed by atoms with Crippen LogP contribution in [0.3, 0.4) is 0 Å². The van der Waals surface area contributed by atoms with E-state index in [1.54, 1.807) is 0 Å². The molecular weight excluding hydrogens is 362 g/mol. The van der Waals surface area contributed by atoms with Gasteiger partial charge in [-0.1, -0.05) is 103 Å². The van der Waals surface area contributed by atoms with Gasteiger partial charge in [0.2, 0.25) is 0 Å². The van der Waals surface area contributed by atoms with Crippen LogP contribution < -0.4 is 4.90 Å². The van der Waals surface area contributed by atoms with Crippen molar-refractivity contribution in [2.75, 3.05) is 4.90 Å². The molecule has 4 aromatic rings. The highest BCUT2D eigenvalue weighted by atomic mass is 15.1. The summed E-state index contributed by atoms with van der Waals surface area (Å²) in [7, 11) is 0. The van der Waals surface area contributed by atoms with E-state index >= 15 is 0 Å². The molecule has 0 aromatic heterocycles. The molecule has 0 amide bonds. The first-order valence-corrected chi connectivity index (χ1v) is 10.2. The zero-order valence-corrected chi connectivity index (χ0v) is 17.1. The molecule has 0 saturated carbocycles. The molecule has 0 N–H and O–H groups in total. The van der Waals surface area contributed by atoms with Gasteiger partial charge in [-0.05, 0) is 54.4 Å². The van der Waals surface area contributed by atoms with Crippen molar-refractivity contribution in [1.29, 1.82) is 0 Å². The molecule has 0 heterocycles. The molecule has 30 heavy (non-hydrogen) atoms. The third-order valence-electron chi connectivity index (χ3n) is 4.95. The Balaban J connectivity index is 1.53. The van der Waals surface area contributed by atoms with Gasteiger partial charge in [0, 0.05) is 17.1 Å². The average molecular weight is 388 g/mol. The summed E-state index contributed by atoms with van der Waals surface area (Å²) >= 11 is 0. The van der Waals surface area contributed by atoms with Crippen LogP contribution in [0, 0.1) is 6.92 Å². The summed E-state index contributed by atoms with van der Waals surface area (Å²) in [5.41, 5.74) is 7.10. The summed E-state index contributed by atoms with van der Waals surface area (Å²) in [4.78, 5) is 2.27. The van der Waals surface area contributed by atoms with Crippen molar-refractivity contribution in [3.8, 4) is 0 Å². The standard InChI is InChI=1S/C29H25N/c1-24-16-18-25(19-17-24)10-8-9-11-26-20-22-29(23-21-26)30(27-12-4-2-5-13-27)28-14-6-3-7-15-28/h2-23H,1H3. The second-order valence-corrected chi connectivity index (χ2v) is 7.23. The molecule has 0 bridgehead atoms. The van der Waals surface area contributed by atoms with Crippen LogP contribution >= 0.6 is 0 Å². The molecule has 1 heteroatoms. The van der Waals surface area contributed by atoms with E-state index in [0.29, 0.717) is 0 Å². The minimum Gasteiger partial charge on any atom is -0.311 e. The number of rotatable bonds is 6. The average Bonchev–Trinajstić information content (AvgIpc) is 2.80. The lowest BCUT2D eigenvalue weighted by Crippen LogP contribution is -2.09. The van der Waals surface area contributed by atoms with Crippen LogP contribution in [0.2, 0.25) is 0 Å². The Hall–Kier alpha value is -3.84. The molecule has 4 rings (SSSR count). The Labute approximate surface area is 179 Å². The zero-order valence-electron chi connectivity index (χ0n) is 17.1. The van der Waals surface area contributed by atoms with Gasteiger partial charge in [-0.15, -0.1) is 0 Å². The lowest BCUT2D eigenvalue weighted by Gasteiger charge is -2.25. The Morgan fingerprint density at radius 3 is 1.33 bits per heavy atom. The highest BCUT2D eigenvalue weighted by Crippen LogP contribution is 2.34. The lowest BCUT2D eigenvalue weighted by molar-refractivity contribution is 1.28. The van der Waals surface area contributed by atoms with E-state index in [4.69, 9.17) is 0 Å². The van der Waals surface area contributed by atoms with Crippen molar-refractivity contribution in [3.05, 3.63) is 138 Å². The first kappa shape index (κ1) is 19.5. The predicted molar refractivity (Wildman–Crippen MR) is 130 cm³/mol. The van der Waals surface area contributed by atoms with Gasteiger partial charge in [-0.3, -0.25) is 0 Å². The number of hydrogen-bond donors (Lipinski definition) is 0. The van der Waals surface area contributed by atoms with Gasteiger partial charge in [0.1, 0.15) is 0 Å². The number of nitrogens with zero attached hydrogens (tertiary/aromatic N) is 1. The first-order chi connectivity index (χ1) is 14.8. The molecule has 0 aliphatic carbocycles. The van der Waals surface area contributed by atoms with Gasteiger partial charge in [-0.2, -0.15) is 0 Å². The molecule has 0 aliphatic heterocycles. The van der Waals surface area contributed by atoms with Crippen LogP contribution in [-0.2, 0) is 0 Å². The molecule has 0 aliphatic rings. The van der Waals surface area contributed by atoms with E-state index in [2.05, 4.69) is 133 Å². The van der Waals surface area contributed by atoms with E-state index in [0.717, 1.165) is 17.1 Å². The SMILES string of the molecule is Cc1ccc(C=CC=Cc2ccc(N(c3ccccc3)c3ccccc3)cc2)cc1. The van der Waals surface area contributed by atoms with Gasteiger partial charge in [0.15, 0.2) is 0 Å². The second-order valence-electron chi connectivity index (χ2n) is 7.23. The Kier molecular flexibility index (Phi) is 6.22. The van der Waals surface area contributed by atoms with Crippen molar-refractivity contribution in [2.45, 2.75) is 6.92 Å². The monoisotopic (exact) mass is 387 g/mol. The van der Waals surface area contributed by atoms with Crippen LogP contribution in [0.25, 0.3) is 12.2 Å². The molecule has 0 radical (unpaired) electrons. The van der Waals surface area contributed by atoms with Gasteiger partial charge in [0.05, 0.1) is 0 Å². The summed E-state index contributed by atoms with van der Waals surface area (Å²) in [6, 6.07) is 38.1. The number of hydrogen-bond acceptors (Lipinski definition) is 1. The summed E-state index contributed by atoms with van der Waals surface area (Å²) in [5.74, 6) is 0. The Bertz CT molecular complexity index is 1070. The predicted octanol–water partition coefficient (Wildman–Crippen LogP) is 8.19. The largest absolute Gasteiger partial charge is 0.311 e. The fourth-order valence-electron chi connectivity index (χ4n) is 3.35. The van der Waals surface area contributed by atoms with Crippen molar-refractivity contribution in [1.82, 2.24) is 0 Å². The maximum absolute atomic E-state index is 2.27. The van der Waals surface area contributed by atoms with Crippen LogP contribution in [0.15, 0.2) is 121 Å². The normalized spacial score (nSPS) is 11.2. The third-order valence-corrected chi connectivity index (χ3v) is 4.95. The third kappa shape index (κ3) is 4.95. The number of anilines is 3. The van der Waals surface area contributed by atoms with Gasteiger partial charge < -0.3 is 4.90 Å². The maximum atomic E-state index is 2.27. The van der Waals surface area contributed by atoms with E-state index < -0.39 is 0 Å². The number of aryl methyl sites for hydroxylation is 1. The van der Waals surface area contributed by atoms with Crippen molar-refractivity contribution in [2.24, 2.45) is 0 Å². The smallest absolute Gasteiger partial charge is 0.0462 e. The van der Waals surface area contributed by atoms with Crippen LogP contribution in [-0.4, -0.2) is 0 Å². The summed E-state index contributed by atoms with van der Waals surface area (Å²) in [5, 5.41) is 0. The van der Waals surface area contributed by atoms with Crippen molar-refractivity contribution >= 4 is 29.2 Å². The summed E-state index contributed by atoms with van der Waals surface area (Å²) < 4.78 is 0. The van der Waals surface area contributed by atoms with E-state index in [1.165, 1.54) is 16.7 Å². The number of benzene rings is 4. The van der Waals surface area contributed by atoms with Gasteiger partial charge in [0.25, 0.3) is 0 Å². The fraction of sp³-hybridized carbons (Fsp3) is 0.0345. The van der Waals surface area contributed by atoms with E-state index in [9.17, 15) is 0 Å². The molecular formula is C29H25N. The molecule has 4 aromatic carbocycles. The van der Waals surface area contributed by atoms with Crippen LogP contribution in [0.4, 0.5) is 17.1 Å². The minimum atomic E-state index is 1.14. The van der Waals surface area contributed by atoms with Gasteiger partial charge >= 0.3 is 0 Å². The lowest BCUT2D eigenvalue weighted by atomic mass is 10.1. The fourth-order valence-corrected chi connectivity index (χ4v) is 3.35. The second kappa shape index (κ2) is 9.58. The quantitative estimate of drug-likeness (QED) is 0.301. The molecule has 0 spiro atoms. The van der Waals surface area contributed by atoms with Gasteiger partial charge in [-0.25, -0.2) is 0 Å². The van der Waals surface area contributed by atoms with Crippen LogP contribution in [0.5, 0.6) is 0 Å². The topological polar surface area (TPSA) is 3.24 Å². The van der Waals surface area contributed by atoms with Crippen LogP contribution in [0.1, 0.15) is 16.7 Å². The first-order valence-electron chi connectivity index (χ1n) is 10.2. The molecule has 0 atom stereocenters. The molecule has 0 unspecified atom stereocenters. The Morgan fingerprint density at radius 1 is 0.467 bits per heavy atom. The molecule has 1 nitrogen and oxygen atoms in total. The summed E-state index contributed by atoms with van der Waals surface area (Å²) in [6.45, 7) is 2.10. The summed E-state index contributed by atoms with van der Waals surface area (Å²) in [6.07, 6.45) is 8.42. The van der Waals surface area contributed by atoms with E-state index in [-0.39, 0.29) is 0 Å². The highest BCUT2D eigenvalue weighted by Gasteiger charge is 2.11.